The van der Waals surface area contributed by atoms with Crippen LogP contribution in [0.4, 0.5) is 11.4 Å². The van der Waals surface area contributed by atoms with E-state index in [0.29, 0.717) is 11.6 Å². The highest BCUT2D eigenvalue weighted by Gasteiger charge is 2.31. The maximum Gasteiger partial charge on any atom is 0.246 e. The van der Waals surface area contributed by atoms with Crippen LogP contribution in [0.25, 0.3) is 0 Å². The lowest BCUT2D eigenvalue weighted by Gasteiger charge is -2.20. The molecule has 1 saturated heterocycles. The molecule has 3 rings (SSSR count). The quantitative estimate of drug-likeness (QED) is 0.760. The summed E-state index contributed by atoms with van der Waals surface area (Å²) in [5, 5.41) is 16.0. The molecular weight excluding hydrogens is 266 g/mol. The molecule has 0 radical (unpaired) electrons. The fourth-order valence-electron chi connectivity index (χ4n) is 2.76. The average molecular weight is 282 g/mol. The molecule has 2 heterocycles. The summed E-state index contributed by atoms with van der Waals surface area (Å²) >= 11 is 6.32. The van der Waals surface area contributed by atoms with E-state index in [9.17, 15) is 9.90 Å². The molecule has 3 N–H and O–H groups in total. The van der Waals surface area contributed by atoms with Gasteiger partial charge in [-0.2, -0.15) is 0 Å². The third-order valence-electron chi connectivity index (χ3n) is 3.74. The van der Waals surface area contributed by atoms with Crippen molar-refractivity contribution in [3.05, 3.63) is 22.7 Å². The summed E-state index contributed by atoms with van der Waals surface area (Å²) in [5.74, 6) is -0.0628. The summed E-state index contributed by atoms with van der Waals surface area (Å²) in [7, 11) is 1.75. The smallest absolute Gasteiger partial charge is 0.246 e. The Morgan fingerprint density at radius 1 is 1.53 bits per heavy atom. The summed E-state index contributed by atoms with van der Waals surface area (Å²) in [6.45, 7) is 1.37. The van der Waals surface area contributed by atoms with Crippen molar-refractivity contribution in [3.63, 3.8) is 0 Å². The van der Waals surface area contributed by atoms with Crippen molar-refractivity contribution in [1.29, 1.82) is 0 Å². The van der Waals surface area contributed by atoms with Crippen molar-refractivity contribution >= 4 is 28.9 Å². The third-order valence-corrected chi connectivity index (χ3v) is 4.05. The molecule has 6 heteroatoms. The SMILES string of the molecule is CNC1C(=O)Nc2cc(N3CCC(O)C3)c(Cl)cc21. The van der Waals surface area contributed by atoms with E-state index in [1.807, 2.05) is 17.0 Å². The fraction of sp³-hybridized carbons (Fsp3) is 0.462. The number of aliphatic hydroxyl groups excluding tert-OH is 1. The Hall–Kier alpha value is -1.30. The van der Waals surface area contributed by atoms with E-state index < -0.39 is 0 Å². The molecule has 1 aromatic carbocycles. The van der Waals surface area contributed by atoms with Crippen LogP contribution in [0.15, 0.2) is 12.1 Å². The molecule has 2 unspecified atom stereocenters. The molecule has 0 aromatic heterocycles. The van der Waals surface area contributed by atoms with E-state index in [2.05, 4.69) is 10.6 Å². The van der Waals surface area contributed by atoms with Crippen molar-refractivity contribution in [1.82, 2.24) is 5.32 Å². The van der Waals surface area contributed by atoms with Gasteiger partial charge in [-0.3, -0.25) is 4.79 Å². The van der Waals surface area contributed by atoms with E-state index >= 15 is 0 Å². The standard InChI is InChI=1S/C13H16ClN3O2/c1-15-12-8-4-9(14)11(5-10(8)16-13(12)19)17-3-2-7(18)6-17/h4-5,7,12,15,18H,2-3,6H2,1H3,(H,16,19). The first-order chi connectivity index (χ1) is 9.10. The Kier molecular flexibility index (Phi) is 3.12. The molecule has 2 aliphatic heterocycles. The molecule has 102 valence electrons. The Morgan fingerprint density at radius 2 is 2.32 bits per heavy atom. The second-order valence-electron chi connectivity index (χ2n) is 4.99. The second kappa shape index (κ2) is 4.67. The molecule has 0 aliphatic carbocycles. The Morgan fingerprint density at radius 3 is 2.95 bits per heavy atom. The number of fused-ring (bicyclic) bond motifs is 1. The maximum atomic E-state index is 11.8. The summed E-state index contributed by atoms with van der Waals surface area (Å²) in [5.41, 5.74) is 2.54. The zero-order valence-electron chi connectivity index (χ0n) is 10.6. The van der Waals surface area contributed by atoms with Gasteiger partial charge in [-0.15, -0.1) is 0 Å². The predicted octanol–water partition coefficient (Wildman–Crippen LogP) is 1.12. The van der Waals surface area contributed by atoms with Gasteiger partial charge in [0, 0.05) is 24.3 Å². The third kappa shape index (κ3) is 2.08. The molecular formula is C13H16ClN3O2. The van der Waals surface area contributed by atoms with Gasteiger partial charge in [0.2, 0.25) is 5.91 Å². The van der Waals surface area contributed by atoms with Crippen molar-refractivity contribution in [3.8, 4) is 0 Å². The number of halogens is 1. The number of nitrogens with zero attached hydrogens (tertiary/aromatic N) is 1. The maximum absolute atomic E-state index is 11.8. The first kappa shape index (κ1) is 12.7. The normalized spacial score (nSPS) is 25.6. The lowest BCUT2D eigenvalue weighted by Crippen LogP contribution is -2.23. The number of aliphatic hydroxyl groups is 1. The van der Waals surface area contributed by atoms with Crippen molar-refractivity contribution in [2.75, 3.05) is 30.4 Å². The average Bonchev–Trinajstić information content (AvgIpc) is 2.91. The van der Waals surface area contributed by atoms with E-state index in [1.54, 1.807) is 7.05 Å². The van der Waals surface area contributed by atoms with Crippen molar-refractivity contribution < 1.29 is 9.90 Å². The number of carbonyl (C=O) groups excluding carboxylic acids is 1. The van der Waals surface area contributed by atoms with Crippen LogP contribution in [0.3, 0.4) is 0 Å². The Balaban J connectivity index is 1.97. The number of carbonyl (C=O) groups is 1. The zero-order chi connectivity index (χ0) is 13.6. The van der Waals surface area contributed by atoms with Gasteiger partial charge in [0.05, 0.1) is 16.8 Å². The van der Waals surface area contributed by atoms with E-state index in [1.165, 1.54) is 0 Å². The summed E-state index contributed by atoms with van der Waals surface area (Å²) in [4.78, 5) is 13.8. The van der Waals surface area contributed by atoms with Gasteiger partial charge in [0.1, 0.15) is 6.04 Å². The molecule has 2 aliphatic rings. The van der Waals surface area contributed by atoms with E-state index in [4.69, 9.17) is 11.6 Å². The van der Waals surface area contributed by atoms with Crippen molar-refractivity contribution in [2.45, 2.75) is 18.6 Å². The predicted molar refractivity (Wildman–Crippen MR) is 74.7 cm³/mol. The number of benzene rings is 1. The molecule has 0 spiro atoms. The van der Waals surface area contributed by atoms with Gasteiger partial charge in [0.15, 0.2) is 0 Å². The molecule has 0 saturated carbocycles. The summed E-state index contributed by atoms with van der Waals surface area (Å²) in [6, 6.07) is 3.38. The van der Waals surface area contributed by atoms with Crippen molar-refractivity contribution in [2.24, 2.45) is 0 Å². The van der Waals surface area contributed by atoms with Gasteiger partial charge in [-0.1, -0.05) is 11.6 Å². The fourth-order valence-corrected chi connectivity index (χ4v) is 3.05. The first-order valence-corrected chi connectivity index (χ1v) is 6.72. The molecule has 19 heavy (non-hydrogen) atoms. The molecule has 0 bridgehead atoms. The monoisotopic (exact) mass is 281 g/mol. The number of likely N-dealkylation sites (N-methyl/N-ethyl adjacent to an activating group) is 1. The Bertz CT molecular complexity index is 535. The van der Waals surface area contributed by atoms with Gasteiger partial charge in [0.25, 0.3) is 0 Å². The molecule has 1 amide bonds. The molecule has 1 aromatic rings. The topological polar surface area (TPSA) is 64.6 Å². The van der Waals surface area contributed by atoms with Crippen LogP contribution >= 0.6 is 11.6 Å². The van der Waals surface area contributed by atoms with Crippen LogP contribution in [0.5, 0.6) is 0 Å². The van der Waals surface area contributed by atoms with Crippen LogP contribution < -0.4 is 15.5 Å². The molecule has 5 nitrogen and oxygen atoms in total. The Labute approximate surface area is 116 Å². The van der Waals surface area contributed by atoms with E-state index in [0.717, 1.165) is 29.9 Å². The van der Waals surface area contributed by atoms with Crippen LogP contribution in [0, 0.1) is 0 Å². The van der Waals surface area contributed by atoms with Crippen LogP contribution in [0.1, 0.15) is 18.0 Å². The molecule has 2 atom stereocenters. The largest absolute Gasteiger partial charge is 0.391 e. The summed E-state index contributed by atoms with van der Waals surface area (Å²) < 4.78 is 0. The number of hydrogen-bond acceptors (Lipinski definition) is 4. The highest BCUT2D eigenvalue weighted by Crippen LogP contribution is 2.39. The zero-order valence-corrected chi connectivity index (χ0v) is 11.4. The van der Waals surface area contributed by atoms with Crippen LogP contribution in [-0.4, -0.2) is 37.3 Å². The highest BCUT2D eigenvalue weighted by molar-refractivity contribution is 6.33. The number of rotatable bonds is 2. The minimum Gasteiger partial charge on any atom is -0.391 e. The van der Waals surface area contributed by atoms with Gasteiger partial charge >= 0.3 is 0 Å². The lowest BCUT2D eigenvalue weighted by molar-refractivity contribution is -0.117. The number of anilines is 2. The first-order valence-electron chi connectivity index (χ1n) is 6.34. The van der Waals surface area contributed by atoms with Crippen LogP contribution in [0.2, 0.25) is 5.02 Å². The van der Waals surface area contributed by atoms with Gasteiger partial charge in [-0.25, -0.2) is 0 Å². The number of amides is 1. The summed E-state index contributed by atoms with van der Waals surface area (Å²) in [6.07, 6.45) is 0.447. The lowest BCUT2D eigenvalue weighted by atomic mass is 10.1. The minimum absolute atomic E-state index is 0.0628. The minimum atomic E-state index is -0.342. The number of nitrogens with one attached hydrogen (secondary N) is 2. The van der Waals surface area contributed by atoms with E-state index in [-0.39, 0.29) is 18.1 Å². The number of β-amino-alcohol motifs (C(OH)–C–C–N with tert-alkyl or cyclic N) is 1. The van der Waals surface area contributed by atoms with Gasteiger partial charge in [-0.05, 0) is 25.6 Å². The van der Waals surface area contributed by atoms with Gasteiger partial charge < -0.3 is 20.6 Å². The molecule has 1 fully saturated rings. The number of hydrogen-bond donors (Lipinski definition) is 3. The second-order valence-corrected chi connectivity index (χ2v) is 5.40. The highest BCUT2D eigenvalue weighted by atomic mass is 35.5. The van der Waals surface area contributed by atoms with Crippen LogP contribution in [-0.2, 0) is 4.79 Å².